The molecule has 2 aromatic rings. The molecule has 1 aromatic heterocycles. The molecular weight excluding hydrogens is 216 g/mol. The summed E-state index contributed by atoms with van der Waals surface area (Å²) in [6.45, 7) is 4.39. The minimum Gasteiger partial charge on any atom is -0.294 e. The zero-order valence-corrected chi connectivity index (χ0v) is 9.86. The van der Waals surface area contributed by atoms with Gasteiger partial charge in [0.2, 0.25) is 0 Å². The van der Waals surface area contributed by atoms with Crippen LogP contribution in [0.4, 0.5) is 0 Å². The van der Waals surface area contributed by atoms with Crippen molar-refractivity contribution in [3.05, 3.63) is 56.7 Å². The van der Waals surface area contributed by atoms with Crippen LogP contribution in [0.2, 0.25) is 0 Å². The average molecular weight is 230 g/mol. The number of H-pyrrole nitrogens is 1. The van der Waals surface area contributed by atoms with Gasteiger partial charge in [-0.05, 0) is 19.4 Å². The van der Waals surface area contributed by atoms with Crippen LogP contribution in [0, 0.1) is 6.92 Å². The van der Waals surface area contributed by atoms with Crippen molar-refractivity contribution in [2.75, 3.05) is 0 Å². The molecule has 1 N–H and O–H groups in total. The highest BCUT2D eigenvalue weighted by Gasteiger charge is 2.06. The van der Waals surface area contributed by atoms with E-state index in [2.05, 4.69) is 4.98 Å². The van der Waals surface area contributed by atoms with Crippen LogP contribution in [-0.4, -0.2) is 9.55 Å². The summed E-state index contributed by atoms with van der Waals surface area (Å²) in [5.74, 6) is 0. The first-order valence-electron chi connectivity index (χ1n) is 5.53. The molecule has 0 bridgehead atoms. The fourth-order valence-corrected chi connectivity index (χ4v) is 1.80. The first-order valence-corrected chi connectivity index (χ1v) is 5.53. The summed E-state index contributed by atoms with van der Waals surface area (Å²) < 4.78 is 1.55. The van der Waals surface area contributed by atoms with Crippen LogP contribution < -0.4 is 11.2 Å². The van der Waals surface area contributed by atoms with Gasteiger partial charge < -0.3 is 0 Å². The number of benzene rings is 1. The number of hydrogen-bond donors (Lipinski definition) is 1. The van der Waals surface area contributed by atoms with E-state index in [0.717, 1.165) is 11.1 Å². The highest BCUT2D eigenvalue weighted by Crippen LogP contribution is 2.16. The second-order valence-corrected chi connectivity index (χ2v) is 3.93. The molecular formula is C13H14N2O2. The van der Waals surface area contributed by atoms with Gasteiger partial charge in [-0.2, -0.15) is 0 Å². The Bertz CT molecular complexity index is 636. The maximum atomic E-state index is 11.6. The largest absolute Gasteiger partial charge is 0.328 e. The standard InChI is InChI=1S/C13H14N2O2/c1-3-15-11(8-12(16)14-13(15)17)10-6-4-9(2)5-7-10/h4-8H,3H2,1-2H3,(H,14,16,17). The molecule has 0 aliphatic carbocycles. The topological polar surface area (TPSA) is 54.9 Å². The number of aromatic nitrogens is 2. The molecule has 0 radical (unpaired) electrons. The predicted molar refractivity (Wildman–Crippen MR) is 67.2 cm³/mol. The molecule has 4 nitrogen and oxygen atoms in total. The fourth-order valence-electron chi connectivity index (χ4n) is 1.80. The van der Waals surface area contributed by atoms with Gasteiger partial charge in [0.15, 0.2) is 0 Å². The highest BCUT2D eigenvalue weighted by molar-refractivity contribution is 5.59. The third-order valence-corrected chi connectivity index (χ3v) is 2.70. The molecule has 0 aliphatic rings. The normalized spacial score (nSPS) is 10.5. The molecule has 1 aromatic carbocycles. The van der Waals surface area contributed by atoms with Gasteiger partial charge in [-0.1, -0.05) is 29.8 Å². The summed E-state index contributed by atoms with van der Waals surface area (Å²) in [6, 6.07) is 9.20. The lowest BCUT2D eigenvalue weighted by Gasteiger charge is -2.09. The predicted octanol–water partition coefficient (Wildman–Crippen LogP) is 1.53. The van der Waals surface area contributed by atoms with Crippen molar-refractivity contribution >= 4 is 0 Å². The molecule has 0 aliphatic heterocycles. The lowest BCUT2D eigenvalue weighted by Crippen LogP contribution is -2.30. The van der Waals surface area contributed by atoms with E-state index in [1.54, 1.807) is 4.57 Å². The maximum Gasteiger partial charge on any atom is 0.328 e. The smallest absolute Gasteiger partial charge is 0.294 e. The minimum absolute atomic E-state index is 0.365. The van der Waals surface area contributed by atoms with Crippen molar-refractivity contribution in [2.24, 2.45) is 0 Å². The Balaban J connectivity index is 2.70. The molecule has 2 rings (SSSR count). The summed E-state index contributed by atoms with van der Waals surface area (Å²) >= 11 is 0. The molecule has 4 heteroatoms. The number of hydrogen-bond acceptors (Lipinski definition) is 2. The molecule has 0 saturated heterocycles. The van der Waals surface area contributed by atoms with Gasteiger partial charge in [-0.15, -0.1) is 0 Å². The first-order chi connectivity index (χ1) is 8.11. The van der Waals surface area contributed by atoms with E-state index in [-0.39, 0.29) is 11.2 Å². The van der Waals surface area contributed by atoms with Crippen LogP contribution in [-0.2, 0) is 6.54 Å². The Morgan fingerprint density at radius 1 is 1.18 bits per heavy atom. The zero-order chi connectivity index (χ0) is 12.4. The molecule has 0 spiro atoms. The van der Waals surface area contributed by atoms with Crippen LogP contribution >= 0.6 is 0 Å². The van der Waals surface area contributed by atoms with Crippen molar-refractivity contribution in [1.29, 1.82) is 0 Å². The van der Waals surface area contributed by atoms with Crippen molar-refractivity contribution in [3.63, 3.8) is 0 Å². The van der Waals surface area contributed by atoms with Crippen molar-refractivity contribution in [3.8, 4) is 11.3 Å². The van der Waals surface area contributed by atoms with E-state index in [9.17, 15) is 9.59 Å². The van der Waals surface area contributed by atoms with E-state index in [1.807, 2.05) is 38.1 Å². The van der Waals surface area contributed by atoms with E-state index in [4.69, 9.17) is 0 Å². The quantitative estimate of drug-likeness (QED) is 0.850. The van der Waals surface area contributed by atoms with E-state index < -0.39 is 0 Å². The zero-order valence-electron chi connectivity index (χ0n) is 9.86. The minimum atomic E-state index is -0.365. The van der Waals surface area contributed by atoms with Crippen molar-refractivity contribution in [2.45, 2.75) is 20.4 Å². The summed E-state index contributed by atoms with van der Waals surface area (Å²) in [7, 11) is 0. The Hall–Kier alpha value is -2.10. The summed E-state index contributed by atoms with van der Waals surface area (Å²) in [6.07, 6.45) is 0. The first kappa shape index (κ1) is 11.4. The Morgan fingerprint density at radius 3 is 2.41 bits per heavy atom. The van der Waals surface area contributed by atoms with Gasteiger partial charge in [-0.3, -0.25) is 14.3 Å². The SMILES string of the molecule is CCn1c(-c2ccc(C)cc2)cc(=O)[nH]c1=O. The molecule has 88 valence electrons. The van der Waals surface area contributed by atoms with Crippen molar-refractivity contribution < 1.29 is 0 Å². The van der Waals surface area contributed by atoms with Crippen LogP contribution in [0.25, 0.3) is 11.3 Å². The summed E-state index contributed by atoms with van der Waals surface area (Å²) in [5, 5.41) is 0. The van der Waals surface area contributed by atoms with Gasteiger partial charge >= 0.3 is 5.69 Å². The maximum absolute atomic E-state index is 11.6. The monoisotopic (exact) mass is 230 g/mol. The van der Waals surface area contributed by atoms with Gasteiger partial charge in [0.05, 0.1) is 5.69 Å². The number of aromatic amines is 1. The number of nitrogens with zero attached hydrogens (tertiary/aromatic N) is 1. The third-order valence-electron chi connectivity index (χ3n) is 2.70. The molecule has 1 heterocycles. The van der Waals surface area contributed by atoms with Crippen LogP contribution in [0.1, 0.15) is 12.5 Å². The third kappa shape index (κ3) is 2.20. The Kier molecular flexibility index (Phi) is 2.95. The molecule has 0 fully saturated rings. The number of rotatable bonds is 2. The average Bonchev–Trinajstić information content (AvgIpc) is 2.29. The van der Waals surface area contributed by atoms with E-state index in [1.165, 1.54) is 6.07 Å². The second-order valence-electron chi connectivity index (χ2n) is 3.93. The lowest BCUT2D eigenvalue weighted by atomic mass is 10.1. The number of aryl methyl sites for hydroxylation is 1. The van der Waals surface area contributed by atoms with Gasteiger partial charge in [-0.25, -0.2) is 4.79 Å². The summed E-state index contributed by atoms with van der Waals surface area (Å²) in [5.41, 5.74) is 1.94. The van der Waals surface area contributed by atoms with Crippen LogP contribution in [0.5, 0.6) is 0 Å². The Labute approximate surface area is 98.6 Å². The van der Waals surface area contributed by atoms with E-state index in [0.29, 0.717) is 12.2 Å². The van der Waals surface area contributed by atoms with Crippen molar-refractivity contribution in [1.82, 2.24) is 9.55 Å². The van der Waals surface area contributed by atoms with Crippen LogP contribution in [0.15, 0.2) is 39.9 Å². The molecule has 0 saturated carbocycles. The lowest BCUT2D eigenvalue weighted by molar-refractivity contribution is 0.702. The second kappa shape index (κ2) is 4.41. The molecule has 0 atom stereocenters. The molecule has 0 unspecified atom stereocenters. The van der Waals surface area contributed by atoms with Crippen LogP contribution in [0.3, 0.4) is 0 Å². The summed E-state index contributed by atoms with van der Waals surface area (Å²) in [4.78, 5) is 25.3. The Morgan fingerprint density at radius 2 is 1.82 bits per heavy atom. The fraction of sp³-hybridized carbons (Fsp3) is 0.231. The van der Waals surface area contributed by atoms with Gasteiger partial charge in [0.1, 0.15) is 0 Å². The highest BCUT2D eigenvalue weighted by atomic mass is 16.2. The van der Waals surface area contributed by atoms with Gasteiger partial charge in [0.25, 0.3) is 5.56 Å². The van der Waals surface area contributed by atoms with Gasteiger partial charge in [0, 0.05) is 12.6 Å². The molecule has 17 heavy (non-hydrogen) atoms. The number of nitrogens with one attached hydrogen (secondary N) is 1. The molecule has 0 amide bonds. The van der Waals surface area contributed by atoms with E-state index >= 15 is 0 Å².